The lowest BCUT2D eigenvalue weighted by molar-refractivity contribution is -0.124. The standard InChI is InChI=1S/C10H9F4NO/c11-8-3-1-7(2-4-8)9(16)5-15-6-10(12,13)14/h1-4,15H,5-6H2. The van der Waals surface area contributed by atoms with Gasteiger partial charge in [0, 0.05) is 5.56 Å². The Kier molecular flexibility index (Phi) is 4.00. The molecule has 0 spiro atoms. The number of carbonyl (C=O) groups excluding carboxylic acids is 1. The van der Waals surface area contributed by atoms with Gasteiger partial charge >= 0.3 is 6.18 Å². The lowest BCUT2D eigenvalue weighted by atomic mass is 10.1. The van der Waals surface area contributed by atoms with Crippen LogP contribution in [0, 0.1) is 5.82 Å². The van der Waals surface area contributed by atoms with E-state index in [-0.39, 0.29) is 5.56 Å². The zero-order valence-electron chi connectivity index (χ0n) is 8.14. The number of halogens is 4. The predicted molar refractivity (Wildman–Crippen MR) is 49.7 cm³/mol. The van der Waals surface area contributed by atoms with Gasteiger partial charge in [-0.15, -0.1) is 0 Å². The molecule has 0 heterocycles. The monoisotopic (exact) mass is 235 g/mol. The molecule has 1 rings (SSSR count). The Bertz CT molecular complexity index is 358. The first-order valence-corrected chi connectivity index (χ1v) is 4.45. The highest BCUT2D eigenvalue weighted by atomic mass is 19.4. The topological polar surface area (TPSA) is 29.1 Å². The van der Waals surface area contributed by atoms with Gasteiger partial charge in [-0.05, 0) is 24.3 Å². The van der Waals surface area contributed by atoms with E-state index in [0.717, 1.165) is 12.1 Å². The quantitative estimate of drug-likeness (QED) is 0.640. The summed E-state index contributed by atoms with van der Waals surface area (Å²) in [6, 6.07) is 4.62. The first-order chi connectivity index (χ1) is 7.38. The van der Waals surface area contributed by atoms with Crippen molar-refractivity contribution in [2.75, 3.05) is 13.1 Å². The maximum absolute atomic E-state index is 12.5. The molecule has 88 valence electrons. The van der Waals surface area contributed by atoms with Crippen LogP contribution in [-0.2, 0) is 0 Å². The van der Waals surface area contributed by atoms with E-state index in [1.807, 2.05) is 5.32 Å². The van der Waals surface area contributed by atoms with Crippen LogP contribution in [0.3, 0.4) is 0 Å². The van der Waals surface area contributed by atoms with Crippen molar-refractivity contribution in [2.24, 2.45) is 0 Å². The summed E-state index contributed by atoms with van der Waals surface area (Å²) in [6.07, 6.45) is -4.34. The Morgan fingerprint density at radius 2 is 1.75 bits per heavy atom. The highest BCUT2D eigenvalue weighted by Gasteiger charge is 2.26. The van der Waals surface area contributed by atoms with Crippen molar-refractivity contribution >= 4 is 5.78 Å². The summed E-state index contributed by atoms with van der Waals surface area (Å²) in [5.41, 5.74) is 0.177. The molecular formula is C10H9F4NO. The zero-order chi connectivity index (χ0) is 12.2. The smallest absolute Gasteiger partial charge is 0.302 e. The number of nitrogens with one attached hydrogen (secondary N) is 1. The second kappa shape index (κ2) is 5.07. The fourth-order valence-electron chi connectivity index (χ4n) is 1.06. The van der Waals surface area contributed by atoms with Crippen LogP contribution in [0.5, 0.6) is 0 Å². The average molecular weight is 235 g/mol. The summed E-state index contributed by atoms with van der Waals surface area (Å²) in [4.78, 5) is 11.3. The zero-order valence-corrected chi connectivity index (χ0v) is 8.14. The van der Waals surface area contributed by atoms with Crippen LogP contribution in [0.2, 0.25) is 0 Å². The Morgan fingerprint density at radius 3 is 2.25 bits per heavy atom. The molecule has 0 aliphatic carbocycles. The second-order valence-electron chi connectivity index (χ2n) is 3.15. The second-order valence-corrected chi connectivity index (χ2v) is 3.15. The first-order valence-electron chi connectivity index (χ1n) is 4.45. The van der Waals surface area contributed by atoms with Crippen LogP contribution in [-0.4, -0.2) is 25.0 Å². The molecule has 0 saturated carbocycles. The van der Waals surface area contributed by atoms with Crippen molar-refractivity contribution in [2.45, 2.75) is 6.18 Å². The highest BCUT2D eigenvalue weighted by Crippen LogP contribution is 2.12. The number of carbonyl (C=O) groups is 1. The molecule has 0 atom stereocenters. The molecule has 1 N–H and O–H groups in total. The number of ketones is 1. The van der Waals surface area contributed by atoms with Gasteiger partial charge in [-0.25, -0.2) is 4.39 Å². The normalized spacial score (nSPS) is 11.5. The molecule has 1 aromatic rings. The summed E-state index contributed by atoms with van der Waals surface area (Å²) in [7, 11) is 0. The largest absolute Gasteiger partial charge is 0.401 e. The van der Waals surface area contributed by atoms with Crippen molar-refractivity contribution in [3.8, 4) is 0 Å². The van der Waals surface area contributed by atoms with Crippen LogP contribution in [0.15, 0.2) is 24.3 Å². The first kappa shape index (κ1) is 12.6. The van der Waals surface area contributed by atoms with Gasteiger partial charge in [0.1, 0.15) is 5.82 Å². The maximum Gasteiger partial charge on any atom is 0.401 e. The number of benzene rings is 1. The van der Waals surface area contributed by atoms with E-state index in [4.69, 9.17) is 0 Å². The molecule has 0 fully saturated rings. The molecule has 2 nitrogen and oxygen atoms in total. The van der Waals surface area contributed by atoms with E-state index in [1.165, 1.54) is 12.1 Å². The van der Waals surface area contributed by atoms with Crippen LogP contribution in [0.4, 0.5) is 17.6 Å². The maximum atomic E-state index is 12.5. The minimum Gasteiger partial charge on any atom is -0.302 e. The van der Waals surface area contributed by atoms with Crippen molar-refractivity contribution in [1.29, 1.82) is 0 Å². The fraction of sp³-hybridized carbons (Fsp3) is 0.300. The highest BCUT2D eigenvalue weighted by molar-refractivity contribution is 5.97. The van der Waals surface area contributed by atoms with Crippen molar-refractivity contribution < 1.29 is 22.4 Å². The molecule has 0 aliphatic rings. The molecule has 0 radical (unpaired) electrons. The third kappa shape index (κ3) is 4.39. The molecule has 0 saturated heterocycles. The van der Waals surface area contributed by atoms with E-state index in [0.29, 0.717) is 0 Å². The molecule has 0 aromatic heterocycles. The number of hydrogen-bond acceptors (Lipinski definition) is 2. The van der Waals surface area contributed by atoms with Gasteiger partial charge in [0.2, 0.25) is 0 Å². The van der Waals surface area contributed by atoms with Gasteiger partial charge in [-0.1, -0.05) is 0 Å². The van der Waals surface area contributed by atoms with E-state index in [1.54, 1.807) is 0 Å². The Balaban J connectivity index is 2.44. The summed E-state index contributed by atoms with van der Waals surface area (Å²) >= 11 is 0. The average Bonchev–Trinajstić information content (AvgIpc) is 2.16. The van der Waals surface area contributed by atoms with Crippen molar-refractivity contribution in [3.05, 3.63) is 35.6 Å². The van der Waals surface area contributed by atoms with Crippen LogP contribution in [0.25, 0.3) is 0 Å². The minimum absolute atomic E-state index is 0.177. The molecule has 0 unspecified atom stereocenters. The van der Waals surface area contributed by atoms with Gasteiger partial charge in [0.25, 0.3) is 0 Å². The third-order valence-electron chi connectivity index (χ3n) is 1.78. The Hall–Kier alpha value is -1.43. The van der Waals surface area contributed by atoms with Gasteiger partial charge in [0.05, 0.1) is 13.1 Å². The molecule has 1 aromatic carbocycles. The lowest BCUT2D eigenvalue weighted by Gasteiger charge is -2.07. The number of alkyl halides is 3. The molecule has 16 heavy (non-hydrogen) atoms. The van der Waals surface area contributed by atoms with Crippen LogP contribution in [0.1, 0.15) is 10.4 Å². The number of hydrogen-bond donors (Lipinski definition) is 1. The number of rotatable bonds is 4. The van der Waals surface area contributed by atoms with Crippen molar-refractivity contribution in [1.82, 2.24) is 5.32 Å². The molecule has 0 amide bonds. The van der Waals surface area contributed by atoms with Gasteiger partial charge in [-0.2, -0.15) is 13.2 Å². The lowest BCUT2D eigenvalue weighted by Crippen LogP contribution is -2.32. The van der Waals surface area contributed by atoms with E-state index in [2.05, 4.69) is 0 Å². The molecule has 0 aliphatic heterocycles. The molecular weight excluding hydrogens is 226 g/mol. The van der Waals surface area contributed by atoms with Crippen molar-refractivity contribution in [3.63, 3.8) is 0 Å². The summed E-state index contributed by atoms with van der Waals surface area (Å²) in [5.74, 6) is -1.01. The van der Waals surface area contributed by atoms with Gasteiger partial charge in [0.15, 0.2) is 5.78 Å². The SMILES string of the molecule is O=C(CNCC(F)(F)F)c1ccc(F)cc1. The van der Waals surface area contributed by atoms with Gasteiger partial charge < -0.3 is 5.32 Å². The summed E-state index contributed by atoms with van der Waals surface area (Å²) in [6.45, 7) is -1.65. The van der Waals surface area contributed by atoms with E-state index in [9.17, 15) is 22.4 Å². The molecule has 0 bridgehead atoms. The Morgan fingerprint density at radius 1 is 1.19 bits per heavy atom. The Labute approximate surface area is 89.3 Å². The van der Waals surface area contributed by atoms with E-state index >= 15 is 0 Å². The predicted octanol–water partition coefficient (Wildman–Crippen LogP) is 2.16. The minimum atomic E-state index is -4.34. The fourth-order valence-corrected chi connectivity index (χ4v) is 1.06. The third-order valence-corrected chi connectivity index (χ3v) is 1.78. The van der Waals surface area contributed by atoms with Crippen LogP contribution < -0.4 is 5.32 Å². The number of Topliss-reactive ketones (excluding diaryl/α,β-unsaturated/α-hetero) is 1. The van der Waals surface area contributed by atoms with Gasteiger partial charge in [-0.3, -0.25) is 4.79 Å². The molecule has 6 heteroatoms. The summed E-state index contributed by atoms with van der Waals surface area (Å²) < 4.78 is 47.7. The van der Waals surface area contributed by atoms with Crippen LogP contribution >= 0.6 is 0 Å². The summed E-state index contributed by atoms with van der Waals surface area (Å²) in [5, 5.41) is 1.97. The van der Waals surface area contributed by atoms with E-state index < -0.39 is 30.9 Å².